The molecule has 0 radical (unpaired) electrons. The maximum absolute atomic E-state index is 11.8. The Bertz CT molecular complexity index is 417. The summed E-state index contributed by atoms with van der Waals surface area (Å²) in [5.41, 5.74) is 1.17. The molecule has 2 amide bonds. The molecule has 0 aliphatic carbocycles. The molecule has 90 valence electrons. The standard InChI is InChI=1S/C13H16N2O2/c1-14-12(16)9-15-8-11(7-13(15)17)10-5-3-2-4-6-10/h2-6,11H,7-9H2,1H3,(H,14,16). The van der Waals surface area contributed by atoms with Gasteiger partial charge in [-0.3, -0.25) is 9.59 Å². The molecule has 17 heavy (non-hydrogen) atoms. The highest BCUT2D eigenvalue weighted by molar-refractivity contribution is 5.86. The lowest BCUT2D eigenvalue weighted by Crippen LogP contribution is -2.36. The monoisotopic (exact) mass is 232 g/mol. The molecule has 1 heterocycles. The predicted octanol–water partition coefficient (Wildman–Crippen LogP) is 0.748. The molecule has 1 aliphatic heterocycles. The molecule has 0 spiro atoms. The number of nitrogens with one attached hydrogen (secondary N) is 1. The molecule has 0 saturated carbocycles. The third-order valence-corrected chi connectivity index (χ3v) is 3.10. The van der Waals surface area contributed by atoms with Gasteiger partial charge < -0.3 is 10.2 Å². The molecule has 1 atom stereocenters. The van der Waals surface area contributed by atoms with Crippen LogP contribution in [0.3, 0.4) is 0 Å². The van der Waals surface area contributed by atoms with Crippen molar-refractivity contribution in [1.29, 1.82) is 0 Å². The van der Waals surface area contributed by atoms with Gasteiger partial charge in [-0.25, -0.2) is 0 Å². The Labute approximate surface area is 101 Å². The van der Waals surface area contributed by atoms with Crippen molar-refractivity contribution >= 4 is 11.8 Å². The van der Waals surface area contributed by atoms with Gasteiger partial charge in [0.05, 0.1) is 6.54 Å². The normalized spacial score (nSPS) is 19.5. The highest BCUT2D eigenvalue weighted by Crippen LogP contribution is 2.27. The van der Waals surface area contributed by atoms with Gasteiger partial charge in [0, 0.05) is 25.9 Å². The number of likely N-dealkylation sites (tertiary alicyclic amines) is 1. The van der Waals surface area contributed by atoms with E-state index in [9.17, 15) is 9.59 Å². The number of nitrogens with zero attached hydrogens (tertiary/aromatic N) is 1. The molecule has 1 N–H and O–H groups in total. The van der Waals surface area contributed by atoms with Gasteiger partial charge in [0.25, 0.3) is 0 Å². The molecule has 0 bridgehead atoms. The highest BCUT2D eigenvalue weighted by Gasteiger charge is 2.31. The molecule has 1 unspecified atom stereocenters. The number of amides is 2. The predicted molar refractivity (Wildman–Crippen MR) is 64.4 cm³/mol. The summed E-state index contributed by atoms with van der Waals surface area (Å²) in [7, 11) is 1.58. The largest absolute Gasteiger partial charge is 0.358 e. The second-order valence-corrected chi connectivity index (χ2v) is 4.26. The summed E-state index contributed by atoms with van der Waals surface area (Å²) in [5.74, 6) is 0.155. The lowest BCUT2D eigenvalue weighted by molar-refractivity contribution is -0.132. The number of rotatable bonds is 3. The lowest BCUT2D eigenvalue weighted by atomic mass is 9.99. The topological polar surface area (TPSA) is 49.4 Å². The van der Waals surface area contributed by atoms with Gasteiger partial charge >= 0.3 is 0 Å². The smallest absolute Gasteiger partial charge is 0.239 e. The summed E-state index contributed by atoms with van der Waals surface area (Å²) < 4.78 is 0. The molecule has 4 heteroatoms. The average Bonchev–Trinajstić information content (AvgIpc) is 2.72. The van der Waals surface area contributed by atoms with E-state index in [1.807, 2.05) is 30.3 Å². The van der Waals surface area contributed by atoms with Crippen molar-refractivity contribution in [2.24, 2.45) is 0 Å². The number of benzene rings is 1. The minimum absolute atomic E-state index is 0.0578. The first kappa shape index (κ1) is 11.6. The second-order valence-electron chi connectivity index (χ2n) is 4.26. The molecule has 4 nitrogen and oxygen atoms in total. The second kappa shape index (κ2) is 4.99. The van der Waals surface area contributed by atoms with E-state index < -0.39 is 0 Å². The highest BCUT2D eigenvalue weighted by atomic mass is 16.2. The molecule has 1 aromatic carbocycles. The van der Waals surface area contributed by atoms with Gasteiger partial charge in [0.2, 0.25) is 11.8 Å². The van der Waals surface area contributed by atoms with Crippen molar-refractivity contribution in [1.82, 2.24) is 10.2 Å². The maximum Gasteiger partial charge on any atom is 0.239 e. The molecular formula is C13H16N2O2. The SMILES string of the molecule is CNC(=O)CN1CC(c2ccccc2)CC1=O. The van der Waals surface area contributed by atoms with Crippen molar-refractivity contribution < 1.29 is 9.59 Å². The van der Waals surface area contributed by atoms with Crippen LogP contribution in [0.4, 0.5) is 0 Å². The number of hydrogen-bond donors (Lipinski definition) is 1. The van der Waals surface area contributed by atoms with Crippen LogP contribution in [0.25, 0.3) is 0 Å². The molecule has 0 aromatic heterocycles. The number of hydrogen-bond acceptors (Lipinski definition) is 2. The van der Waals surface area contributed by atoms with Gasteiger partial charge in [0.15, 0.2) is 0 Å². The fraction of sp³-hybridized carbons (Fsp3) is 0.385. The van der Waals surface area contributed by atoms with Crippen molar-refractivity contribution in [3.8, 4) is 0 Å². The molecule has 2 rings (SSSR count). The Morgan fingerprint density at radius 3 is 2.76 bits per heavy atom. The van der Waals surface area contributed by atoms with Gasteiger partial charge in [-0.1, -0.05) is 30.3 Å². The van der Waals surface area contributed by atoms with Crippen LogP contribution in [0.2, 0.25) is 0 Å². The first-order chi connectivity index (χ1) is 8.20. The minimum Gasteiger partial charge on any atom is -0.358 e. The Hall–Kier alpha value is -1.84. The zero-order valence-electron chi connectivity index (χ0n) is 9.85. The van der Waals surface area contributed by atoms with E-state index in [2.05, 4.69) is 5.32 Å². The minimum atomic E-state index is -0.118. The van der Waals surface area contributed by atoms with Crippen LogP contribution < -0.4 is 5.32 Å². The van der Waals surface area contributed by atoms with Crippen LogP contribution in [0.5, 0.6) is 0 Å². The molecule has 1 saturated heterocycles. The Morgan fingerprint density at radius 1 is 1.41 bits per heavy atom. The lowest BCUT2D eigenvalue weighted by Gasteiger charge is -2.15. The van der Waals surface area contributed by atoms with Crippen LogP contribution in [0.1, 0.15) is 17.9 Å². The summed E-state index contributed by atoms with van der Waals surface area (Å²) in [6.07, 6.45) is 0.501. The molecule has 1 aromatic rings. The van der Waals surface area contributed by atoms with Crippen LogP contribution in [-0.2, 0) is 9.59 Å². The third kappa shape index (κ3) is 2.64. The van der Waals surface area contributed by atoms with Crippen molar-refractivity contribution in [2.45, 2.75) is 12.3 Å². The van der Waals surface area contributed by atoms with E-state index in [0.717, 1.165) is 0 Å². The fourth-order valence-electron chi connectivity index (χ4n) is 2.13. The Morgan fingerprint density at radius 2 is 2.12 bits per heavy atom. The summed E-state index contributed by atoms with van der Waals surface area (Å²) in [4.78, 5) is 24.6. The average molecular weight is 232 g/mol. The summed E-state index contributed by atoms with van der Waals surface area (Å²) in [6.45, 7) is 0.801. The van der Waals surface area contributed by atoms with Crippen molar-refractivity contribution in [3.05, 3.63) is 35.9 Å². The zero-order valence-corrected chi connectivity index (χ0v) is 9.85. The zero-order chi connectivity index (χ0) is 12.3. The van der Waals surface area contributed by atoms with Crippen molar-refractivity contribution in [2.75, 3.05) is 20.1 Å². The first-order valence-corrected chi connectivity index (χ1v) is 5.74. The van der Waals surface area contributed by atoms with Gasteiger partial charge in [0.1, 0.15) is 0 Å². The summed E-state index contributed by atoms with van der Waals surface area (Å²) >= 11 is 0. The fourth-order valence-corrected chi connectivity index (χ4v) is 2.13. The number of carbonyl (C=O) groups excluding carboxylic acids is 2. The van der Waals surface area contributed by atoms with Crippen LogP contribution in [-0.4, -0.2) is 36.9 Å². The molecular weight excluding hydrogens is 216 g/mol. The van der Waals surface area contributed by atoms with E-state index in [1.54, 1.807) is 11.9 Å². The van der Waals surface area contributed by atoms with E-state index in [4.69, 9.17) is 0 Å². The maximum atomic E-state index is 11.8. The van der Waals surface area contributed by atoms with Gasteiger partial charge in [-0.15, -0.1) is 0 Å². The van der Waals surface area contributed by atoms with Crippen LogP contribution in [0.15, 0.2) is 30.3 Å². The third-order valence-electron chi connectivity index (χ3n) is 3.10. The van der Waals surface area contributed by atoms with E-state index in [1.165, 1.54) is 5.56 Å². The van der Waals surface area contributed by atoms with Gasteiger partial charge in [-0.05, 0) is 5.56 Å². The molecule has 1 aliphatic rings. The van der Waals surface area contributed by atoms with E-state index in [-0.39, 0.29) is 24.3 Å². The van der Waals surface area contributed by atoms with Crippen molar-refractivity contribution in [3.63, 3.8) is 0 Å². The van der Waals surface area contributed by atoms with E-state index in [0.29, 0.717) is 13.0 Å². The Kier molecular flexibility index (Phi) is 3.42. The number of carbonyl (C=O) groups is 2. The van der Waals surface area contributed by atoms with Crippen LogP contribution >= 0.6 is 0 Å². The molecule has 1 fully saturated rings. The number of likely N-dealkylation sites (N-methyl/N-ethyl adjacent to an activating group) is 1. The summed E-state index contributed by atoms with van der Waals surface area (Å²) in [5, 5.41) is 2.53. The first-order valence-electron chi connectivity index (χ1n) is 5.74. The quantitative estimate of drug-likeness (QED) is 0.836. The summed E-state index contributed by atoms with van der Waals surface area (Å²) in [6, 6.07) is 9.97. The Balaban J connectivity index is 2.02. The van der Waals surface area contributed by atoms with Crippen LogP contribution in [0, 0.1) is 0 Å². The van der Waals surface area contributed by atoms with Gasteiger partial charge in [-0.2, -0.15) is 0 Å². The van der Waals surface area contributed by atoms with E-state index >= 15 is 0 Å².